The molecule has 0 saturated carbocycles. The van der Waals surface area contributed by atoms with E-state index in [1.807, 2.05) is 6.92 Å². The van der Waals surface area contributed by atoms with E-state index in [0.717, 1.165) is 21.6 Å². The Morgan fingerprint density at radius 1 is 1.35 bits per heavy atom. The molecule has 0 aliphatic heterocycles. The summed E-state index contributed by atoms with van der Waals surface area (Å²) in [5.41, 5.74) is 1.44. The van der Waals surface area contributed by atoms with E-state index >= 15 is 0 Å². The number of benzene rings is 1. The first-order valence-electron chi connectivity index (χ1n) is 6.20. The van der Waals surface area contributed by atoms with Crippen molar-refractivity contribution in [1.82, 2.24) is 9.97 Å². The summed E-state index contributed by atoms with van der Waals surface area (Å²) in [5, 5.41) is 3.19. The number of nitrogens with zero attached hydrogens (tertiary/aromatic N) is 2. The van der Waals surface area contributed by atoms with Crippen LogP contribution in [0.4, 0.5) is 10.2 Å². The van der Waals surface area contributed by atoms with Gasteiger partial charge < -0.3 is 10.1 Å². The molecule has 0 spiro atoms. The van der Waals surface area contributed by atoms with E-state index in [2.05, 4.69) is 37.9 Å². The number of anilines is 1. The Labute approximate surface area is 130 Å². The van der Waals surface area contributed by atoms with Crippen LogP contribution in [0.25, 0.3) is 11.4 Å². The fourth-order valence-electron chi connectivity index (χ4n) is 1.77. The van der Waals surface area contributed by atoms with Crippen LogP contribution in [0.2, 0.25) is 0 Å². The second-order valence-electron chi connectivity index (χ2n) is 4.13. The van der Waals surface area contributed by atoms with Gasteiger partial charge in [-0.25, -0.2) is 14.4 Å². The van der Waals surface area contributed by atoms with Crippen molar-refractivity contribution >= 4 is 28.4 Å². The second kappa shape index (κ2) is 6.94. The molecule has 1 heterocycles. The van der Waals surface area contributed by atoms with Crippen molar-refractivity contribution in [1.29, 1.82) is 0 Å². The topological polar surface area (TPSA) is 47.0 Å². The Bertz CT molecular complexity index is 580. The average molecular weight is 387 g/mol. The highest BCUT2D eigenvalue weighted by atomic mass is 127. The summed E-state index contributed by atoms with van der Waals surface area (Å²) in [7, 11) is 1.62. The van der Waals surface area contributed by atoms with Gasteiger partial charge in [0.1, 0.15) is 11.6 Å². The molecule has 2 aromatic rings. The van der Waals surface area contributed by atoms with Crippen LogP contribution >= 0.6 is 22.6 Å². The zero-order valence-corrected chi connectivity index (χ0v) is 13.4. The summed E-state index contributed by atoms with van der Waals surface area (Å²) >= 11 is 2.19. The van der Waals surface area contributed by atoms with E-state index in [-0.39, 0.29) is 5.82 Å². The number of ether oxygens (including phenoxy) is 1. The van der Waals surface area contributed by atoms with Crippen LogP contribution in [-0.4, -0.2) is 23.6 Å². The quantitative estimate of drug-likeness (QED) is 0.799. The average Bonchev–Trinajstić information content (AvgIpc) is 2.43. The van der Waals surface area contributed by atoms with Gasteiger partial charge in [-0.05, 0) is 41.6 Å². The number of methoxy groups -OCH3 is 1. The summed E-state index contributed by atoms with van der Waals surface area (Å²) in [6.45, 7) is 3.14. The SMILES string of the molecule is CCNc1nc(-c2cccc(F)c2)nc(COC)c1I. The summed E-state index contributed by atoms with van der Waals surface area (Å²) in [6.07, 6.45) is 0. The fraction of sp³-hybridized carbons (Fsp3) is 0.286. The highest BCUT2D eigenvalue weighted by Crippen LogP contribution is 2.24. The largest absolute Gasteiger partial charge is 0.378 e. The van der Waals surface area contributed by atoms with Gasteiger partial charge in [0.05, 0.1) is 15.9 Å². The molecule has 0 aliphatic carbocycles. The molecule has 20 heavy (non-hydrogen) atoms. The minimum atomic E-state index is -0.303. The van der Waals surface area contributed by atoms with Crippen LogP contribution in [0.15, 0.2) is 24.3 Å². The fourth-order valence-corrected chi connectivity index (χ4v) is 2.35. The summed E-state index contributed by atoms with van der Waals surface area (Å²) in [4.78, 5) is 8.93. The lowest BCUT2D eigenvalue weighted by Gasteiger charge is -2.12. The first-order chi connectivity index (χ1) is 9.65. The third kappa shape index (κ3) is 3.43. The first-order valence-corrected chi connectivity index (χ1v) is 7.28. The molecular weight excluding hydrogens is 372 g/mol. The summed E-state index contributed by atoms with van der Waals surface area (Å²) in [6, 6.07) is 6.26. The molecule has 0 atom stereocenters. The maximum absolute atomic E-state index is 13.3. The maximum atomic E-state index is 13.3. The van der Waals surface area contributed by atoms with E-state index in [1.165, 1.54) is 12.1 Å². The molecule has 1 aromatic carbocycles. The van der Waals surface area contributed by atoms with E-state index in [4.69, 9.17) is 4.74 Å². The zero-order chi connectivity index (χ0) is 14.5. The van der Waals surface area contributed by atoms with Gasteiger partial charge in [0.2, 0.25) is 0 Å². The van der Waals surface area contributed by atoms with Gasteiger partial charge >= 0.3 is 0 Å². The Morgan fingerprint density at radius 3 is 2.80 bits per heavy atom. The highest BCUT2D eigenvalue weighted by Gasteiger charge is 2.13. The molecule has 1 N–H and O–H groups in total. The van der Waals surface area contributed by atoms with Gasteiger partial charge in [-0.15, -0.1) is 0 Å². The lowest BCUT2D eigenvalue weighted by atomic mass is 10.2. The molecule has 0 saturated heterocycles. The molecule has 4 nitrogen and oxygen atoms in total. The Balaban J connectivity index is 2.52. The number of hydrogen-bond acceptors (Lipinski definition) is 4. The van der Waals surface area contributed by atoms with Gasteiger partial charge in [-0.2, -0.15) is 0 Å². The van der Waals surface area contributed by atoms with Gasteiger partial charge in [0.15, 0.2) is 5.82 Å². The first kappa shape index (κ1) is 15.1. The molecule has 1 aromatic heterocycles. The summed E-state index contributed by atoms with van der Waals surface area (Å²) in [5.74, 6) is 0.935. The summed E-state index contributed by atoms with van der Waals surface area (Å²) < 4.78 is 19.4. The van der Waals surface area contributed by atoms with Crippen molar-refractivity contribution in [3.05, 3.63) is 39.3 Å². The van der Waals surface area contributed by atoms with Crippen molar-refractivity contribution < 1.29 is 9.13 Å². The second-order valence-corrected chi connectivity index (χ2v) is 5.21. The molecule has 6 heteroatoms. The predicted octanol–water partition coefficient (Wildman–Crippen LogP) is 3.47. The highest BCUT2D eigenvalue weighted by molar-refractivity contribution is 14.1. The van der Waals surface area contributed by atoms with Gasteiger partial charge in [-0.3, -0.25) is 0 Å². The van der Waals surface area contributed by atoms with Crippen molar-refractivity contribution in [3.63, 3.8) is 0 Å². The molecule has 0 aliphatic rings. The smallest absolute Gasteiger partial charge is 0.162 e. The third-order valence-electron chi connectivity index (χ3n) is 2.63. The minimum absolute atomic E-state index is 0.303. The van der Waals surface area contributed by atoms with Crippen LogP contribution in [-0.2, 0) is 11.3 Å². The van der Waals surface area contributed by atoms with Crippen LogP contribution in [0.5, 0.6) is 0 Å². The van der Waals surface area contributed by atoms with E-state index in [0.29, 0.717) is 18.0 Å². The lowest BCUT2D eigenvalue weighted by molar-refractivity contribution is 0.181. The molecule has 106 valence electrons. The van der Waals surface area contributed by atoms with Crippen LogP contribution in [0.1, 0.15) is 12.6 Å². The number of rotatable bonds is 5. The maximum Gasteiger partial charge on any atom is 0.162 e. The van der Waals surface area contributed by atoms with E-state index in [1.54, 1.807) is 19.2 Å². The molecule has 0 radical (unpaired) electrons. The molecule has 2 rings (SSSR count). The van der Waals surface area contributed by atoms with Crippen molar-refractivity contribution in [2.45, 2.75) is 13.5 Å². The van der Waals surface area contributed by atoms with Crippen molar-refractivity contribution in [2.75, 3.05) is 19.0 Å². The third-order valence-corrected chi connectivity index (χ3v) is 3.76. The van der Waals surface area contributed by atoms with Gasteiger partial charge in [-0.1, -0.05) is 12.1 Å². The van der Waals surface area contributed by atoms with Crippen LogP contribution < -0.4 is 5.32 Å². The molecule has 0 amide bonds. The van der Waals surface area contributed by atoms with Crippen molar-refractivity contribution in [3.8, 4) is 11.4 Å². The van der Waals surface area contributed by atoms with Crippen LogP contribution in [0, 0.1) is 9.39 Å². The minimum Gasteiger partial charge on any atom is -0.378 e. The van der Waals surface area contributed by atoms with E-state index in [9.17, 15) is 4.39 Å². The standard InChI is InChI=1S/C14H15FIN3O/c1-3-17-14-12(16)11(8-20-2)18-13(19-14)9-5-4-6-10(15)7-9/h4-7H,3,8H2,1-2H3,(H,17,18,19). The molecule has 0 bridgehead atoms. The molecular formula is C14H15FIN3O. The van der Waals surface area contributed by atoms with Crippen LogP contribution in [0.3, 0.4) is 0 Å². The number of nitrogens with one attached hydrogen (secondary N) is 1. The molecule has 0 fully saturated rings. The number of hydrogen-bond donors (Lipinski definition) is 1. The van der Waals surface area contributed by atoms with Crippen molar-refractivity contribution in [2.24, 2.45) is 0 Å². The number of halogens is 2. The molecule has 0 unspecified atom stereocenters. The Morgan fingerprint density at radius 2 is 2.15 bits per heavy atom. The Hall–Kier alpha value is -1.28. The van der Waals surface area contributed by atoms with E-state index < -0.39 is 0 Å². The van der Waals surface area contributed by atoms with Gasteiger partial charge in [0, 0.05) is 19.2 Å². The predicted molar refractivity (Wildman–Crippen MR) is 85.0 cm³/mol. The normalized spacial score (nSPS) is 10.6. The Kier molecular flexibility index (Phi) is 5.24. The number of aromatic nitrogens is 2. The zero-order valence-electron chi connectivity index (χ0n) is 11.3. The van der Waals surface area contributed by atoms with Gasteiger partial charge in [0.25, 0.3) is 0 Å². The lowest BCUT2D eigenvalue weighted by Crippen LogP contribution is -2.08. The monoisotopic (exact) mass is 387 g/mol.